The predicted octanol–water partition coefficient (Wildman–Crippen LogP) is 4.63. The molecule has 4 nitrogen and oxygen atoms in total. The van der Waals surface area contributed by atoms with Crippen LogP contribution in [0.25, 0.3) is 0 Å². The molecule has 0 saturated carbocycles. The number of alkyl halides is 3. The van der Waals surface area contributed by atoms with E-state index in [9.17, 15) is 4.79 Å². The van der Waals surface area contributed by atoms with E-state index in [0.717, 1.165) is 0 Å². The number of hydrogen-bond acceptors (Lipinski definition) is 3. The maximum Gasteiger partial charge on any atom is 0.272 e. The summed E-state index contributed by atoms with van der Waals surface area (Å²) in [6.07, 6.45) is 1.65. The molecule has 130 valence electrons. The lowest BCUT2D eigenvalue weighted by atomic mass is 10.2. The maximum absolute atomic E-state index is 12.0. The molecular weight excluding hydrogens is 375 g/mol. The van der Waals surface area contributed by atoms with Crippen molar-refractivity contribution < 1.29 is 9.22 Å². The minimum Gasteiger partial charge on any atom is -0.414 e. The average molecular weight is 398 g/mol. The summed E-state index contributed by atoms with van der Waals surface area (Å²) in [5.74, 6) is -0.697. The standard InChI is InChI=1S/C15H23Cl3N2O2Si/c1-14(2,3)23(4,5)22-10-12(11-8-6-7-9-19-11)20-13(21)15(16,17)18/h6-9,12H,10H2,1-5H3,(H,20,21)/t12-/m1/s1. The van der Waals surface area contributed by atoms with Crippen LogP contribution in [0.2, 0.25) is 18.1 Å². The Hall–Kier alpha value is -0.333. The topological polar surface area (TPSA) is 51.2 Å². The Morgan fingerprint density at radius 2 is 1.91 bits per heavy atom. The number of rotatable bonds is 5. The lowest BCUT2D eigenvalue weighted by Crippen LogP contribution is -2.45. The van der Waals surface area contributed by atoms with Crippen molar-refractivity contribution in [1.29, 1.82) is 0 Å². The first-order valence-electron chi connectivity index (χ1n) is 7.27. The van der Waals surface area contributed by atoms with Crippen LogP contribution in [0, 0.1) is 0 Å². The molecular formula is C15H23Cl3N2O2Si. The van der Waals surface area contributed by atoms with Gasteiger partial charge in [0.05, 0.1) is 18.3 Å². The highest BCUT2D eigenvalue weighted by Gasteiger charge is 2.39. The Balaban J connectivity index is 2.92. The van der Waals surface area contributed by atoms with Gasteiger partial charge in [0.1, 0.15) is 0 Å². The summed E-state index contributed by atoms with van der Waals surface area (Å²) >= 11 is 16.9. The first-order valence-corrected chi connectivity index (χ1v) is 11.3. The van der Waals surface area contributed by atoms with Crippen LogP contribution in [0.3, 0.4) is 0 Å². The van der Waals surface area contributed by atoms with Gasteiger partial charge in [-0.05, 0) is 30.3 Å². The predicted molar refractivity (Wildman–Crippen MR) is 98.6 cm³/mol. The van der Waals surface area contributed by atoms with Crippen molar-refractivity contribution in [1.82, 2.24) is 10.3 Å². The van der Waals surface area contributed by atoms with E-state index in [1.54, 1.807) is 18.3 Å². The zero-order valence-electron chi connectivity index (χ0n) is 14.0. The van der Waals surface area contributed by atoms with Crippen molar-refractivity contribution in [2.24, 2.45) is 0 Å². The van der Waals surface area contributed by atoms with Crippen LogP contribution in [0.4, 0.5) is 0 Å². The number of carbonyl (C=O) groups is 1. The highest BCUT2D eigenvalue weighted by atomic mass is 35.6. The smallest absolute Gasteiger partial charge is 0.272 e. The van der Waals surface area contributed by atoms with Gasteiger partial charge >= 0.3 is 0 Å². The van der Waals surface area contributed by atoms with Crippen LogP contribution in [-0.2, 0) is 9.22 Å². The van der Waals surface area contributed by atoms with Gasteiger partial charge in [-0.2, -0.15) is 0 Å². The summed E-state index contributed by atoms with van der Waals surface area (Å²) in [6, 6.07) is 4.96. The summed E-state index contributed by atoms with van der Waals surface area (Å²) in [5, 5.41) is 2.75. The maximum atomic E-state index is 12.0. The third-order valence-electron chi connectivity index (χ3n) is 4.02. The number of halogens is 3. The first-order chi connectivity index (χ1) is 10.3. The SMILES string of the molecule is CC(C)(C)[Si](C)(C)OC[C@@H](NC(=O)C(Cl)(Cl)Cl)c1ccccn1. The van der Waals surface area contributed by atoms with Gasteiger partial charge in [0.15, 0.2) is 8.32 Å². The van der Waals surface area contributed by atoms with Gasteiger partial charge in [-0.1, -0.05) is 61.6 Å². The van der Waals surface area contributed by atoms with Crippen LogP contribution < -0.4 is 5.32 Å². The quantitative estimate of drug-likeness (QED) is 0.582. The Morgan fingerprint density at radius 3 is 2.35 bits per heavy atom. The van der Waals surface area contributed by atoms with Crippen molar-refractivity contribution in [3.05, 3.63) is 30.1 Å². The molecule has 1 heterocycles. The number of nitrogens with one attached hydrogen (secondary N) is 1. The zero-order valence-corrected chi connectivity index (χ0v) is 17.3. The second-order valence-corrected chi connectivity index (χ2v) is 13.9. The summed E-state index contributed by atoms with van der Waals surface area (Å²) in [5.41, 5.74) is 0.661. The lowest BCUT2D eigenvalue weighted by molar-refractivity contribution is -0.121. The van der Waals surface area contributed by atoms with E-state index < -0.39 is 24.1 Å². The molecule has 0 aliphatic heterocycles. The fourth-order valence-corrected chi connectivity index (χ4v) is 2.71. The van der Waals surface area contributed by atoms with E-state index >= 15 is 0 Å². The number of amides is 1. The third-order valence-corrected chi connectivity index (χ3v) is 9.04. The van der Waals surface area contributed by atoms with Crippen molar-refractivity contribution in [2.75, 3.05) is 6.61 Å². The zero-order chi connectivity index (χ0) is 17.9. The second-order valence-electron chi connectivity index (χ2n) is 6.85. The minimum absolute atomic E-state index is 0.0564. The highest BCUT2D eigenvalue weighted by Crippen LogP contribution is 2.37. The first kappa shape index (κ1) is 20.7. The van der Waals surface area contributed by atoms with Gasteiger partial charge in [0, 0.05) is 6.20 Å². The van der Waals surface area contributed by atoms with Crippen LogP contribution >= 0.6 is 34.8 Å². The number of nitrogens with zero attached hydrogens (tertiary/aromatic N) is 1. The lowest BCUT2D eigenvalue weighted by Gasteiger charge is -2.37. The van der Waals surface area contributed by atoms with Gasteiger partial charge < -0.3 is 9.74 Å². The molecule has 1 aromatic rings. The molecule has 0 spiro atoms. The monoisotopic (exact) mass is 396 g/mol. The minimum atomic E-state index is -2.02. The normalized spacial score (nSPS) is 14.4. The van der Waals surface area contributed by atoms with E-state index in [4.69, 9.17) is 39.2 Å². The molecule has 0 radical (unpaired) electrons. The Labute approximate surface area is 154 Å². The molecule has 8 heteroatoms. The van der Waals surface area contributed by atoms with E-state index in [1.807, 2.05) is 6.07 Å². The molecule has 0 unspecified atom stereocenters. The summed E-state index contributed by atoms with van der Waals surface area (Å²) < 4.78 is 4.16. The molecule has 23 heavy (non-hydrogen) atoms. The Bertz CT molecular complexity index is 528. The molecule has 0 aliphatic rings. The molecule has 1 N–H and O–H groups in total. The van der Waals surface area contributed by atoms with E-state index in [2.05, 4.69) is 44.2 Å². The van der Waals surface area contributed by atoms with Gasteiger partial charge in [-0.25, -0.2) is 0 Å². The van der Waals surface area contributed by atoms with Crippen molar-refractivity contribution in [2.45, 2.75) is 48.7 Å². The summed E-state index contributed by atoms with van der Waals surface area (Å²) in [6.45, 7) is 11.0. The van der Waals surface area contributed by atoms with Gasteiger partial charge in [0.25, 0.3) is 9.70 Å². The number of aromatic nitrogens is 1. The molecule has 1 atom stereocenters. The molecule has 0 fully saturated rings. The molecule has 0 aliphatic carbocycles. The average Bonchev–Trinajstić information content (AvgIpc) is 2.41. The third kappa shape index (κ3) is 6.23. The molecule has 1 aromatic heterocycles. The molecule has 0 aromatic carbocycles. The second kappa shape index (κ2) is 7.70. The van der Waals surface area contributed by atoms with E-state index in [1.165, 1.54) is 0 Å². The Morgan fingerprint density at radius 1 is 1.30 bits per heavy atom. The van der Waals surface area contributed by atoms with Gasteiger partial charge in [-0.3, -0.25) is 9.78 Å². The summed E-state index contributed by atoms with van der Waals surface area (Å²) in [7, 11) is -1.98. The van der Waals surface area contributed by atoms with Gasteiger partial charge in [0.2, 0.25) is 0 Å². The van der Waals surface area contributed by atoms with Crippen molar-refractivity contribution >= 4 is 49.0 Å². The number of carbonyl (C=O) groups excluding carboxylic acids is 1. The van der Waals surface area contributed by atoms with Crippen LogP contribution in [-0.4, -0.2) is 29.6 Å². The van der Waals surface area contributed by atoms with Crippen LogP contribution in [0.15, 0.2) is 24.4 Å². The number of hydrogen-bond donors (Lipinski definition) is 1. The molecule has 0 bridgehead atoms. The van der Waals surface area contributed by atoms with Crippen LogP contribution in [0.1, 0.15) is 32.5 Å². The fourth-order valence-electron chi connectivity index (χ4n) is 1.53. The largest absolute Gasteiger partial charge is 0.414 e. The van der Waals surface area contributed by atoms with E-state index in [0.29, 0.717) is 5.69 Å². The molecule has 1 rings (SSSR count). The van der Waals surface area contributed by atoms with Gasteiger partial charge in [-0.15, -0.1) is 0 Å². The van der Waals surface area contributed by atoms with E-state index in [-0.39, 0.29) is 11.6 Å². The van der Waals surface area contributed by atoms with Crippen molar-refractivity contribution in [3.8, 4) is 0 Å². The summed E-state index contributed by atoms with van der Waals surface area (Å²) in [4.78, 5) is 16.3. The van der Waals surface area contributed by atoms with Crippen molar-refractivity contribution in [3.63, 3.8) is 0 Å². The molecule has 0 saturated heterocycles. The number of pyridine rings is 1. The van der Waals surface area contributed by atoms with Crippen LogP contribution in [0.5, 0.6) is 0 Å². The fraction of sp³-hybridized carbons (Fsp3) is 0.600. The highest BCUT2D eigenvalue weighted by molar-refractivity contribution is 6.76. The Kier molecular flexibility index (Phi) is 6.93. The molecule has 1 amide bonds.